The monoisotopic (exact) mass is 382 g/mol. The molecule has 0 aromatic heterocycles. The number of hydrogen-bond acceptors (Lipinski definition) is 6. The first-order valence-corrected chi connectivity index (χ1v) is 8.99. The number of aryl methyl sites for hydroxylation is 1. The standard InChI is InChI=1S/C22H22O6/c1-5-26-17-9-7-6-8-15(17)11-19-21(23)20-13(2)10-16(12-18(20)28-19)27-14(3)22(24)25-4/h6-12,14H,5H2,1-4H3/b19-11-. The third kappa shape index (κ3) is 3.86. The van der Waals surface area contributed by atoms with Crippen molar-refractivity contribution in [1.82, 2.24) is 0 Å². The van der Waals surface area contributed by atoms with Crippen LogP contribution in [0, 0.1) is 6.92 Å². The summed E-state index contributed by atoms with van der Waals surface area (Å²) in [5.74, 6) is 1.03. The molecule has 6 heteroatoms. The molecule has 146 valence electrons. The van der Waals surface area contributed by atoms with Gasteiger partial charge < -0.3 is 18.9 Å². The van der Waals surface area contributed by atoms with Gasteiger partial charge in [0.2, 0.25) is 5.78 Å². The van der Waals surface area contributed by atoms with Gasteiger partial charge >= 0.3 is 5.97 Å². The molecule has 0 spiro atoms. The quantitative estimate of drug-likeness (QED) is 0.556. The second-order valence-corrected chi connectivity index (χ2v) is 6.31. The molecule has 0 saturated heterocycles. The maximum atomic E-state index is 12.8. The lowest BCUT2D eigenvalue weighted by atomic mass is 10.0. The van der Waals surface area contributed by atoms with Gasteiger partial charge in [-0.3, -0.25) is 4.79 Å². The first-order valence-electron chi connectivity index (χ1n) is 8.99. The molecule has 0 bridgehead atoms. The van der Waals surface area contributed by atoms with E-state index in [1.165, 1.54) is 7.11 Å². The summed E-state index contributed by atoms with van der Waals surface area (Å²) in [7, 11) is 1.30. The van der Waals surface area contributed by atoms with Crippen molar-refractivity contribution < 1.29 is 28.5 Å². The normalized spacial score (nSPS) is 15.0. The summed E-state index contributed by atoms with van der Waals surface area (Å²) in [6, 6.07) is 10.7. The largest absolute Gasteiger partial charge is 0.493 e. The van der Waals surface area contributed by atoms with E-state index in [2.05, 4.69) is 4.74 Å². The van der Waals surface area contributed by atoms with E-state index < -0.39 is 12.1 Å². The molecule has 3 rings (SSSR count). The van der Waals surface area contributed by atoms with Crippen molar-refractivity contribution in [3.8, 4) is 17.2 Å². The Bertz CT molecular complexity index is 944. The molecule has 1 aliphatic rings. The molecule has 0 radical (unpaired) electrons. The maximum absolute atomic E-state index is 12.8. The Morgan fingerprint density at radius 2 is 2.00 bits per heavy atom. The molecule has 1 aliphatic heterocycles. The molecule has 28 heavy (non-hydrogen) atoms. The molecular formula is C22H22O6. The van der Waals surface area contributed by atoms with Crippen LogP contribution in [0.25, 0.3) is 6.08 Å². The number of hydrogen-bond donors (Lipinski definition) is 0. The van der Waals surface area contributed by atoms with Crippen LogP contribution in [0.4, 0.5) is 0 Å². The average Bonchev–Trinajstić information content (AvgIpc) is 2.98. The Morgan fingerprint density at radius 1 is 1.25 bits per heavy atom. The van der Waals surface area contributed by atoms with Gasteiger partial charge in [0, 0.05) is 11.6 Å². The topological polar surface area (TPSA) is 71.1 Å². The van der Waals surface area contributed by atoms with Crippen LogP contribution >= 0.6 is 0 Å². The van der Waals surface area contributed by atoms with Crippen molar-refractivity contribution in [3.63, 3.8) is 0 Å². The van der Waals surface area contributed by atoms with Gasteiger partial charge in [-0.15, -0.1) is 0 Å². The van der Waals surface area contributed by atoms with E-state index in [1.807, 2.05) is 31.2 Å². The van der Waals surface area contributed by atoms with Gasteiger partial charge in [0.05, 0.1) is 19.3 Å². The van der Waals surface area contributed by atoms with Crippen molar-refractivity contribution in [2.24, 2.45) is 0 Å². The van der Waals surface area contributed by atoms with Gasteiger partial charge in [0.15, 0.2) is 11.9 Å². The Morgan fingerprint density at radius 3 is 2.71 bits per heavy atom. The number of carbonyl (C=O) groups is 2. The SMILES string of the molecule is CCOc1ccccc1/C=C1\Oc2cc(OC(C)C(=O)OC)cc(C)c2C1=O. The molecule has 1 atom stereocenters. The van der Waals surface area contributed by atoms with E-state index >= 15 is 0 Å². The van der Waals surface area contributed by atoms with E-state index in [-0.39, 0.29) is 11.5 Å². The third-order valence-electron chi connectivity index (χ3n) is 4.30. The molecule has 0 fully saturated rings. The molecule has 2 aromatic carbocycles. The molecule has 2 aromatic rings. The highest BCUT2D eigenvalue weighted by Gasteiger charge is 2.30. The number of benzene rings is 2. The van der Waals surface area contributed by atoms with Crippen LogP contribution in [0.3, 0.4) is 0 Å². The number of para-hydroxylation sites is 1. The van der Waals surface area contributed by atoms with Gasteiger partial charge in [-0.25, -0.2) is 4.79 Å². The van der Waals surface area contributed by atoms with E-state index in [0.717, 1.165) is 5.56 Å². The Labute approximate surface area is 163 Å². The van der Waals surface area contributed by atoms with Crippen LogP contribution in [0.15, 0.2) is 42.2 Å². The zero-order valence-corrected chi connectivity index (χ0v) is 16.3. The highest BCUT2D eigenvalue weighted by Crippen LogP contribution is 2.38. The predicted molar refractivity (Wildman–Crippen MR) is 104 cm³/mol. The van der Waals surface area contributed by atoms with E-state index in [9.17, 15) is 9.59 Å². The summed E-state index contributed by atoms with van der Waals surface area (Å²) in [6.07, 6.45) is 0.900. The van der Waals surface area contributed by atoms with Crippen molar-refractivity contribution in [2.75, 3.05) is 13.7 Å². The molecule has 1 unspecified atom stereocenters. The first-order chi connectivity index (χ1) is 13.4. The van der Waals surface area contributed by atoms with Crippen molar-refractivity contribution in [1.29, 1.82) is 0 Å². The number of rotatable bonds is 6. The van der Waals surface area contributed by atoms with Crippen LogP contribution in [0.1, 0.15) is 35.3 Å². The lowest BCUT2D eigenvalue weighted by molar-refractivity contribution is -0.147. The highest BCUT2D eigenvalue weighted by atomic mass is 16.6. The number of ether oxygens (including phenoxy) is 4. The van der Waals surface area contributed by atoms with Crippen LogP contribution in [0.5, 0.6) is 17.2 Å². The number of Topliss-reactive ketones (excluding diaryl/α,β-unsaturated/α-hetero) is 1. The van der Waals surface area contributed by atoms with Crippen LogP contribution in [0.2, 0.25) is 0 Å². The second-order valence-electron chi connectivity index (χ2n) is 6.31. The van der Waals surface area contributed by atoms with Gasteiger partial charge in [-0.1, -0.05) is 18.2 Å². The minimum Gasteiger partial charge on any atom is -0.493 e. The minimum atomic E-state index is -0.771. The minimum absolute atomic E-state index is 0.202. The summed E-state index contributed by atoms with van der Waals surface area (Å²) in [5, 5.41) is 0. The van der Waals surface area contributed by atoms with E-state index in [0.29, 0.717) is 35.0 Å². The summed E-state index contributed by atoms with van der Waals surface area (Å²) in [5.41, 5.74) is 1.95. The van der Waals surface area contributed by atoms with Crippen molar-refractivity contribution in [3.05, 3.63) is 58.8 Å². The van der Waals surface area contributed by atoms with Crippen molar-refractivity contribution >= 4 is 17.8 Å². The summed E-state index contributed by atoms with van der Waals surface area (Å²) in [4.78, 5) is 24.4. The number of allylic oxidation sites excluding steroid dienone is 1. The molecule has 0 N–H and O–H groups in total. The zero-order chi connectivity index (χ0) is 20.3. The molecular weight excluding hydrogens is 360 g/mol. The van der Waals surface area contributed by atoms with Gasteiger partial charge in [0.25, 0.3) is 0 Å². The number of fused-ring (bicyclic) bond motifs is 1. The van der Waals surface area contributed by atoms with Gasteiger partial charge in [-0.05, 0) is 44.5 Å². The first kappa shape index (κ1) is 19.5. The number of ketones is 1. The van der Waals surface area contributed by atoms with Crippen LogP contribution in [-0.4, -0.2) is 31.6 Å². The predicted octanol–water partition coefficient (Wildman–Crippen LogP) is 3.95. The van der Waals surface area contributed by atoms with Gasteiger partial charge in [-0.2, -0.15) is 0 Å². The average molecular weight is 382 g/mol. The Hall–Kier alpha value is -3.28. The Kier molecular flexibility index (Phi) is 5.68. The van der Waals surface area contributed by atoms with Crippen LogP contribution < -0.4 is 14.2 Å². The molecule has 1 heterocycles. The maximum Gasteiger partial charge on any atom is 0.346 e. The summed E-state index contributed by atoms with van der Waals surface area (Å²) >= 11 is 0. The fourth-order valence-electron chi connectivity index (χ4n) is 2.99. The highest BCUT2D eigenvalue weighted by molar-refractivity contribution is 6.15. The summed E-state index contributed by atoms with van der Waals surface area (Å²) in [6.45, 7) is 5.81. The second kappa shape index (κ2) is 8.17. The van der Waals surface area contributed by atoms with Crippen molar-refractivity contribution in [2.45, 2.75) is 26.9 Å². The summed E-state index contributed by atoms with van der Waals surface area (Å²) < 4.78 is 21.7. The molecule has 6 nitrogen and oxygen atoms in total. The number of esters is 1. The lowest BCUT2D eigenvalue weighted by Crippen LogP contribution is -2.24. The van der Waals surface area contributed by atoms with Gasteiger partial charge in [0.1, 0.15) is 17.2 Å². The number of methoxy groups -OCH3 is 1. The smallest absolute Gasteiger partial charge is 0.346 e. The number of carbonyl (C=O) groups excluding carboxylic acids is 2. The fourth-order valence-corrected chi connectivity index (χ4v) is 2.99. The van der Waals surface area contributed by atoms with Crippen LogP contribution in [-0.2, 0) is 9.53 Å². The fraction of sp³-hybridized carbons (Fsp3) is 0.273. The molecule has 0 saturated carbocycles. The lowest BCUT2D eigenvalue weighted by Gasteiger charge is -2.13. The van der Waals surface area contributed by atoms with E-state index in [1.54, 1.807) is 32.1 Å². The molecule has 0 aliphatic carbocycles. The molecule has 0 amide bonds. The zero-order valence-electron chi connectivity index (χ0n) is 16.3. The third-order valence-corrected chi connectivity index (χ3v) is 4.30. The van der Waals surface area contributed by atoms with E-state index in [4.69, 9.17) is 14.2 Å². The Balaban J connectivity index is 1.91.